The van der Waals surface area contributed by atoms with Gasteiger partial charge >= 0.3 is 5.82 Å². The Kier molecular flexibility index (Phi) is 7.57. The molecule has 0 aliphatic heterocycles. The lowest BCUT2D eigenvalue weighted by molar-refractivity contribution is -0.391. The molecule has 0 unspecified atom stereocenters. The summed E-state index contributed by atoms with van der Waals surface area (Å²) in [4.78, 5) is 22.5. The largest absolute Gasteiger partial charge is 0.358 e. The molecule has 0 spiro atoms. The van der Waals surface area contributed by atoms with Crippen LogP contribution in [-0.2, 0) is 13.6 Å². The zero-order chi connectivity index (χ0) is 21.5. The highest BCUT2D eigenvalue weighted by Crippen LogP contribution is 2.26. The van der Waals surface area contributed by atoms with Crippen molar-refractivity contribution in [1.29, 1.82) is 0 Å². The molecule has 0 fully saturated rings. The third kappa shape index (κ3) is 4.87. The molecule has 0 amide bonds. The Morgan fingerprint density at radius 2 is 1.70 bits per heavy atom. The van der Waals surface area contributed by atoms with Crippen LogP contribution in [0.3, 0.4) is 0 Å². The highest BCUT2D eigenvalue weighted by molar-refractivity contribution is 5.79. The molecular weight excluding hydrogens is 380 g/mol. The van der Waals surface area contributed by atoms with Crippen molar-refractivity contribution in [1.82, 2.24) is 24.0 Å². The fourth-order valence-electron chi connectivity index (χ4n) is 3.80. The van der Waals surface area contributed by atoms with E-state index in [1.165, 1.54) is 36.4 Å². The number of imidazole rings is 2. The van der Waals surface area contributed by atoms with Crippen molar-refractivity contribution in [3.63, 3.8) is 0 Å². The van der Waals surface area contributed by atoms with Crippen molar-refractivity contribution in [3.8, 4) is 11.6 Å². The van der Waals surface area contributed by atoms with E-state index in [4.69, 9.17) is 4.98 Å². The summed E-state index contributed by atoms with van der Waals surface area (Å²) in [7, 11) is 1.67. The van der Waals surface area contributed by atoms with E-state index in [2.05, 4.69) is 34.4 Å². The number of rotatable bonds is 12. The highest BCUT2D eigenvalue weighted by atomic mass is 16.6. The number of fused-ring (bicyclic) bond motifs is 1. The number of hydrogen-bond acceptors (Lipinski definition) is 5. The van der Waals surface area contributed by atoms with Crippen molar-refractivity contribution in [3.05, 3.63) is 40.6 Å². The second kappa shape index (κ2) is 10.3. The maximum absolute atomic E-state index is 11.3. The van der Waals surface area contributed by atoms with Gasteiger partial charge in [-0.25, -0.2) is 14.5 Å². The molecule has 2 heterocycles. The maximum Gasteiger partial charge on any atom is 0.343 e. The van der Waals surface area contributed by atoms with E-state index in [0.717, 1.165) is 43.6 Å². The first-order valence-electron chi connectivity index (χ1n) is 10.9. The van der Waals surface area contributed by atoms with Gasteiger partial charge in [0.05, 0.1) is 18.1 Å². The third-order valence-corrected chi connectivity index (χ3v) is 5.52. The Bertz CT molecular complexity index is 969. The highest BCUT2D eigenvalue weighted by Gasteiger charge is 2.23. The molecule has 3 rings (SSSR count). The quantitative estimate of drug-likeness (QED) is 0.320. The van der Waals surface area contributed by atoms with Crippen LogP contribution in [-0.4, -0.2) is 48.6 Å². The third-order valence-electron chi connectivity index (χ3n) is 5.52. The number of aryl methyl sites for hydroxylation is 1. The number of aromatic nitrogens is 4. The second-order valence-corrected chi connectivity index (χ2v) is 7.73. The van der Waals surface area contributed by atoms with E-state index < -0.39 is 4.92 Å². The van der Waals surface area contributed by atoms with Gasteiger partial charge in [0.2, 0.25) is 5.82 Å². The molecule has 8 heteroatoms. The van der Waals surface area contributed by atoms with Crippen molar-refractivity contribution in [2.45, 2.75) is 52.5 Å². The fraction of sp³-hybridized carbons (Fsp3) is 0.545. The molecule has 8 nitrogen and oxygen atoms in total. The van der Waals surface area contributed by atoms with E-state index in [9.17, 15) is 10.1 Å². The molecule has 0 aliphatic rings. The maximum atomic E-state index is 11.3. The van der Waals surface area contributed by atoms with Crippen LogP contribution in [0.2, 0.25) is 0 Å². The van der Waals surface area contributed by atoms with Crippen LogP contribution in [0.25, 0.3) is 22.7 Å². The van der Waals surface area contributed by atoms with Crippen LogP contribution < -0.4 is 0 Å². The molecule has 0 aliphatic carbocycles. The molecule has 0 bridgehead atoms. The molecule has 162 valence electrons. The topological polar surface area (TPSA) is 82.0 Å². The fourth-order valence-corrected chi connectivity index (χ4v) is 3.80. The van der Waals surface area contributed by atoms with Gasteiger partial charge in [0.25, 0.3) is 5.82 Å². The number of para-hydroxylation sites is 2. The van der Waals surface area contributed by atoms with Crippen molar-refractivity contribution >= 4 is 16.9 Å². The summed E-state index contributed by atoms with van der Waals surface area (Å²) in [5.74, 6) is 1.17. The van der Waals surface area contributed by atoms with Crippen molar-refractivity contribution < 1.29 is 4.92 Å². The first-order valence-corrected chi connectivity index (χ1v) is 10.9. The molecule has 0 N–H and O–H groups in total. The van der Waals surface area contributed by atoms with Gasteiger partial charge in [0.15, 0.2) is 0 Å². The average Bonchev–Trinajstić information content (AvgIpc) is 3.30. The normalized spacial score (nSPS) is 11.6. The van der Waals surface area contributed by atoms with Crippen LogP contribution in [0.1, 0.15) is 46.0 Å². The zero-order valence-corrected chi connectivity index (χ0v) is 18.3. The molecule has 30 heavy (non-hydrogen) atoms. The van der Waals surface area contributed by atoms with Gasteiger partial charge in [-0.15, -0.1) is 0 Å². The lowest BCUT2D eigenvalue weighted by Gasteiger charge is -2.22. The summed E-state index contributed by atoms with van der Waals surface area (Å²) < 4.78 is 3.66. The number of nitro groups is 1. The standard InChI is InChI=1S/C22H32N6O2/c1-4-6-13-26(14-7-5-2)15-10-16-27-19-12-9-8-11-18(19)24-22(27)21-23-17-20(25(21)3)28(29)30/h8-9,11-12,17H,4-7,10,13-16H2,1-3H3. The molecule has 3 aromatic rings. The Morgan fingerprint density at radius 1 is 1.03 bits per heavy atom. The molecular formula is C22H32N6O2. The molecule has 0 radical (unpaired) electrons. The Hall–Kier alpha value is -2.74. The van der Waals surface area contributed by atoms with Crippen LogP contribution in [0.5, 0.6) is 0 Å². The summed E-state index contributed by atoms with van der Waals surface area (Å²) in [6, 6.07) is 7.98. The van der Waals surface area contributed by atoms with Crippen LogP contribution in [0.15, 0.2) is 30.5 Å². The Morgan fingerprint density at radius 3 is 2.33 bits per heavy atom. The van der Waals surface area contributed by atoms with E-state index in [0.29, 0.717) is 11.6 Å². The van der Waals surface area contributed by atoms with Crippen LogP contribution in [0, 0.1) is 10.1 Å². The number of benzene rings is 1. The molecule has 0 saturated heterocycles. The minimum atomic E-state index is -0.414. The number of nitrogens with zero attached hydrogens (tertiary/aromatic N) is 6. The van der Waals surface area contributed by atoms with Gasteiger partial charge in [-0.2, -0.15) is 0 Å². The second-order valence-electron chi connectivity index (χ2n) is 7.73. The van der Waals surface area contributed by atoms with E-state index in [1.54, 1.807) is 7.05 Å². The summed E-state index contributed by atoms with van der Waals surface area (Å²) in [5.41, 5.74) is 1.92. The van der Waals surface area contributed by atoms with Gasteiger partial charge in [0, 0.05) is 6.54 Å². The summed E-state index contributed by atoms with van der Waals surface area (Å²) in [6.45, 7) is 8.57. The summed E-state index contributed by atoms with van der Waals surface area (Å²) in [5, 5.41) is 11.3. The SMILES string of the molecule is CCCCN(CCCC)CCCn1c(-c2ncc([N+](=O)[O-])n2C)nc2ccccc21. The summed E-state index contributed by atoms with van der Waals surface area (Å²) >= 11 is 0. The Balaban J connectivity index is 1.84. The van der Waals surface area contributed by atoms with Gasteiger partial charge < -0.3 is 19.6 Å². The van der Waals surface area contributed by atoms with Crippen LogP contribution >= 0.6 is 0 Å². The smallest absolute Gasteiger partial charge is 0.343 e. The van der Waals surface area contributed by atoms with E-state index >= 15 is 0 Å². The van der Waals surface area contributed by atoms with Crippen molar-refractivity contribution in [2.75, 3.05) is 19.6 Å². The minimum Gasteiger partial charge on any atom is -0.358 e. The molecule has 0 saturated carbocycles. The molecule has 1 aromatic carbocycles. The number of unbranched alkanes of at least 4 members (excludes halogenated alkanes) is 2. The van der Waals surface area contributed by atoms with E-state index in [1.807, 2.05) is 18.2 Å². The number of hydrogen-bond donors (Lipinski definition) is 0. The lowest BCUT2D eigenvalue weighted by Crippen LogP contribution is -2.28. The predicted molar refractivity (Wildman–Crippen MR) is 119 cm³/mol. The average molecular weight is 413 g/mol. The minimum absolute atomic E-state index is 0.0334. The first kappa shape index (κ1) is 22.0. The predicted octanol–water partition coefficient (Wildman–Crippen LogP) is 4.64. The van der Waals surface area contributed by atoms with Crippen molar-refractivity contribution in [2.24, 2.45) is 7.05 Å². The molecule has 2 aromatic heterocycles. The Labute approximate surface area is 177 Å². The van der Waals surface area contributed by atoms with Gasteiger partial charge in [0.1, 0.15) is 6.20 Å². The van der Waals surface area contributed by atoms with Crippen LogP contribution in [0.4, 0.5) is 5.82 Å². The van der Waals surface area contributed by atoms with Gasteiger partial charge in [-0.1, -0.05) is 38.8 Å². The van der Waals surface area contributed by atoms with Gasteiger partial charge in [-0.3, -0.25) is 0 Å². The summed E-state index contributed by atoms with van der Waals surface area (Å²) in [6.07, 6.45) is 7.15. The van der Waals surface area contributed by atoms with E-state index in [-0.39, 0.29) is 5.82 Å². The monoisotopic (exact) mass is 412 g/mol. The molecule has 0 atom stereocenters. The lowest BCUT2D eigenvalue weighted by atomic mass is 10.2. The zero-order valence-electron chi connectivity index (χ0n) is 18.3. The first-order chi connectivity index (χ1) is 14.6. The van der Waals surface area contributed by atoms with Gasteiger partial charge in [-0.05, 0) is 56.0 Å².